The Kier molecular flexibility index (Phi) is 5.44. The molecule has 2 aromatic rings. The lowest BCUT2D eigenvalue weighted by atomic mass is 10.1. The van der Waals surface area contributed by atoms with Gasteiger partial charge in [0.15, 0.2) is 0 Å². The van der Waals surface area contributed by atoms with Gasteiger partial charge in [0.1, 0.15) is 0 Å². The Morgan fingerprint density at radius 3 is 1.91 bits per heavy atom. The van der Waals surface area contributed by atoms with Gasteiger partial charge >= 0.3 is 6.18 Å². The van der Waals surface area contributed by atoms with E-state index >= 15 is 0 Å². The maximum Gasteiger partial charge on any atom is 0.389 e. The van der Waals surface area contributed by atoms with E-state index in [0.29, 0.717) is 12.1 Å². The number of hydrogen-bond donors (Lipinski definition) is 2. The summed E-state index contributed by atoms with van der Waals surface area (Å²) in [4.78, 5) is 0. The fraction of sp³-hybridized carbons (Fsp3) is 0.294. The molecule has 0 spiro atoms. The minimum Gasteiger partial charge on any atom is -0.392 e. The van der Waals surface area contributed by atoms with Crippen LogP contribution in [0.1, 0.15) is 23.1 Å². The second-order valence-electron chi connectivity index (χ2n) is 5.14. The third-order valence-corrected chi connectivity index (χ3v) is 3.35. The monoisotopic (exact) mass is 309 g/mol. The lowest BCUT2D eigenvalue weighted by molar-refractivity contribution is -0.133. The van der Waals surface area contributed by atoms with Crippen LogP contribution in [0.5, 0.6) is 0 Å². The molecule has 0 unspecified atom stereocenters. The lowest BCUT2D eigenvalue weighted by Gasteiger charge is -2.09. The van der Waals surface area contributed by atoms with Crippen molar-refractivity contribution in [2.24, 2.45) is 0 Å². The highest BCUT2D eigenvalue weighted by molar-refractivity contribution is 5.45. The van der Waals surface area contributed by atoms with Gasteiger partial charge in [-0.15, -0.1) is 0 Å². The molecule has 2 N–H and O–H groups in total. The van der Waals surface area contributed by atoms with E-state index in [-0.39, 0.29) is 13.0 Å². The van der Waals surface area contributed by atoms with Crippen molar-refractivity contribution in [2.45, 2.75) is 32.2 Å². The summed E-state index contributed by atoms with van der Waals surface area (Å²) in [6.45, 7) is 0.640. The molecule has 2 rings (SSSR count). The van der Waals surface area contributed by atoms with E-state index in [2.05, 4.69) is 5.32 Å². The maximum atomic E-state index is 12.2. The average molecular weight is 309 g/mol. The second kappa shape index (κ2) is 7.31. The minimum absolute atomic E-state index is 0.00635. The van der Waals surface area contributed by atoms with Gasteiger partial charge in [0.25, 0.3) is 0 Å². The van der Waals surface area contributed by atoms with Crippen LogP contribution in [0.25, 0.3) is 0 Å². The molecule has 0 aliphatic carbocycles. The largest absolute Gasteiger partial charge is 0.392 e. The van der Waals surface area contributed by atoms with E-state index in [1.54, 1.807) is 24.3 Å². The minimum atomic E-state index is -4.11. The zero-order chi connectivity index (χ0) is 16.0. The van der Waals surface area contributed by atoms with Gasteiger partial charge < -0.3 is 10.4 Å². The standard InChI is InChI=1S/C17H18F3NO/c18-17(19,20)10-9-13-5-7-16(8-6-13)21-11-14-1-3-15(12-22)4-2-14/h1-8,21-22H,9-12H2. The second-order valence-corrected chi connectivity index (χ2v) is 5.14. The number of aliphatic hydroxyl groups is 1. The van der Waals surface area contributed by atoms with E-state index < -0.39 is 12.6 Å². The SMILES string of the molecule is OCc1ccc(CNc2ccc(CCC(F)(F)F)cc2)cc1. The first-order chi connectivity index (χ1) is 10.5. The molecule has 0 aliphatic rings. The highest BCUT2D eigenvalue weighted by Gasteiger charge is 2.26. The Morgan fingerprint density at radius 1 is 0.818 bits per heavy atom. The number of halogens is 3. The van der Waals surface area contributed by atoms with Crippen LogP contribution in [-0.4, -0.2) is 11.3 Å². The molecule has 22 heavy (non-hydrogen) atoms. The zero-order valence-corrected chi connectivity index (χ0v) is 12.0. The summed E-state index contributed by atoms with van der Waals surface area (Å²) < 4.78 is 36.5. The van der Waals surface area contributed by atoms with Crippen LogP contribution >= 0.6 is 0 Å². The molecule has 0 amide bonds. The number of nitrogens with one attached hydrogen (secondary N) is 1. The van der Waals surface area contributed by atoms with Crippen molar-refractivity contribution in [3.05, 3.63) is 65.2 Å². The number of aryl methyl sites for hydroxylation is 1. The van der Waals surface area contributed by atoms with E-state index in [1.807, 2.05) is 24.3 Å². The first-order valence-corrected chi connectivity index (χ1v) is 7.04. The summed E-state index contributed by atoms with van der Waals surface area (Å²) in [6.07, 6.45) is -4.90. The molecule has 0 heterocycles. The lowest BCUT2D eigenvalue weighted by Crippen LogP contribution is -2.08. The molecule has 0 bridgehead atoms. The summed E-state index contributed by atoms with van der Waals surface area (Å²) in [5.41, 5.74) is 3.47. The van der Waals surface area contributed by atoms with Crippen molar-refractivity contribution in [2.75, 3.05) is 5.32 Å². The smallest absolute Gasteiger partial charge is 0.389 e. The van der Waals surface area contributed by atoms with Crippen LogP contribution < -0.4 is 5.32 Å². The quantitative estimate of drug-likeness (QED) is 0.834. The third kappa shape index (κ3) is 5.41. The van der Waals surface area contributed by atoms with Gasteiger partial charge in [0, 0.05) is 18.7 Å². The number of alkyl halides is 3. The predicted octanol–water partition coefficient (Wildman–Crippen LogP) is 4.29. The van der Waals surface area contributed by atoms with Gasteiger partial charge in [0.05, 0.1) is 6.61 Å². The number of benzene rings is 2. The van der Waals surface area contributed by atoms with Crippen molar-refractivity contribution < 1.29 is 18.3 Å². The number of anilines is 1. The summed E-state index contributed by atoms with van der Waals surface area (Å²) in [5.74, 6) is 0. The Morgan fingerprint density at radius 2 is 1.36 bits per heavy atom. The molecule has 0 fully saturated rings. The van der Waals surface area contributed by atoms with Crippen LogP contribution in [0, 0.1) is 0 Å². The number of hydrogen-bond acceptors (Lipinski definition) is 2. The third-order valence-electron chi connectivity index (χ3n) is 3.35. The topological polar surface area (TPSA) is 32.3 Å². The van der Waals surface area contributed by atoms with Crippen LogP contribution in [0.4, 0.5) is 18.9 Å². The van der Waals surface area contributed by atoms with Crippen LogP contribution in [0.3, 0.4) is 0 Å². The van der Waals surface area contributed by atoms with E-state index in [0.717, 1.165) is 16.8 Å². The van der Waals surface area contributed by atoms with Gasteiger partial charge in [-0.05, 0) is 35.2 Å². The highest BCUT2D eigenvalue weighted by Crippen LogP contribution is 2.22. The Labute approximate surface area is 127 Å². The highest BCUT2D eigenvalue weighted by atomic mass is 19.4. The summed E-state index contributed by atoms with van der Waals surface area (Å²) in [6, 6.07) is 14.6. The first kappa shape index (κ1) is 16.4. The number of aliphatic hydroxyl groups excluding tert-OH is 1. The van der Waals surface area contributed by atoms with Gasteiger partial charge in [0.2, 0.25) is 0 Å². The van der Waals surface area contributed by atoms with Gasteiger partial charge in [-0.1, -0.05) is 36.4 Å². The molecule has 0 aromatic heterocycles. The molecule has 0 atom stereocenters. The molecular formula is C17H18F3NO. The van der Waals surface area contributed by atoms with Gasteiger partial charge in [-0.3, -0.25) is 0 Å². The fourth-order valence-electron chi connectivity index (χ4n) is 2.04. The Bertz CT molecular complexity index is 576. The Hall–Kier alpha value is -2.01. The first-order valence-electron chi connectivity index (χ1n) is 7.04. The van der Waals surface area contributed by atoms with Crippen LogP contribution in [-0.2, 0) is 19.6 Å². The molecule has 2 aromatic carbocycles. The predicted molar refractivity (Wildman–Crippen MR) is 80.5 cm³/mol. The molecule has 0 saturated heterocycles. The van der Waals surface area contributed by atoms with Crippen molar-refractivity contribution in [1.29, 1.82) is 0 Å². The number of rotatable bonds is 6. The molecule has 5 heteroatoms. The molecule has 118 valence electrons. The zero-order valence-electron chi connectivity index (χ0n) is 12.0. The maximum absolute atomic E-state index is 12.2. The van der Waals surface area contributed by atoms with Crippen molar-refractivity contribution >= 4 is 5.69 Å². The summed E-state index contributed by atoms with van der Waals surface area (Å²) in [7, 11) is 0. The van der Waals surface area contributed by atoms with Crippen molar-refractivity contribution in [3.8, 4) is 0 Å². The summed E-state index contributed by atoms with van der Waals surface area (Å²) in [5, 5.41) is 12.2. The average Bonchev–Trinajstić information content (AvgIpc) is 2.52. The molecule has 0 radical (unpaired) electrons. The fourth-order valence-corrected chi connectivity index (χ4v) is 2.04. The molecule has 0 aliphatic heterocycles. The van der Waals surface area contributed by atoms with Crippen molar-refractivity contribution in [3.63, 3.8) is 0 Å². The van der Waals surface area contributed by atoms with Crippen molar-refractivity contribution in [1.82, 2.24) is 0 Å². The summed E-state index contributed by atoms with van der Waals surface area (Å²) >= 11 is 0. The molecule has 0 saturated carbocycles. The van der Waals surface area contributed by atoms with E-state index in [1.165, 1.54) is 0 Å². The Balaban J connectivity index is 1.85. The normalized spacial score (nSPS) is 11.5. The molecular weight excluding hydrogens is 291 g/mol. The van der Waals surface area contributed by atoms with Crippen LogP contribution in [0.2, 0.25) is 0 Å². The van der Waals surface area contributed by atoms with Gasteiger partial charge in [-0.25, -0.2) is 0 Å². The molecule has 2 nitrogen and oxygen atoms in total. The van der Waals surface area contributed by atoms with Gasteiger partial charge in [-0.2, -0.15) is 13.2 Å². The van der Waals surface area contributed by atoms with E-state index in [4.69, 9.17) is 5.11 Å². The van der Waals surface area contributed by atoms with Crippen LogP contribution in [0.15, 0.2) is 48.5 Å². The van der Waals surface area contributed by atoms with E-state index in [9.17, 15) is 13.2 Å².